The highest BCUT2D eigenvalue weighted by Crippen LogP contribution is 2.32. The molecule has 0 aliphatic carbocycles. The van der Waals surface area contributed by atoms with Gasteiger partial charge in [-0.1, -0.05) is 23.7 Å². The van der Waals surface area contributed by atoms with Crippen LogP contribution in [0.5, 0.6) is 0 Å². The Hall–Kier alpha value is -3.94. The second kappa shape index (κ2) is 11.0. The normalized spacial score (nSPS) is 11.7. The molecule has 0 bridgehead atoms. The number of aromatic nitrogens is 2. The molecule has 0 saturated carbocycles. The van der Waals surface area contributed by atoms with Crippen LogP contribution in [-0.2, 0) is 13.6 Å². The molecular weight excluding hydrogens is 486 g/mol. The Morgan fingerprint density at radius 3 is 2.35 bits per heavy atom. The van der Waals surface area contributed by atoms with Crippen molar-refractivity contribution in [2.24, 2.45) is 12.8 Å². The van der Waals surface area contributed by atoms with E-state index in [-0.39, 0.29) is 17.9 Å². The number of nitrogens with zero attached hydrogens (tertiary/aromatic N) is 2. The molecule has 4 rings (SSSR count). The maximum absolute atomic E-state index is 13.2. The number of benzene rings is 3. The van der Waals surface area contributed by atoms with E-state index in [1.807, 2.05) is 75.6 Å². The second-order valence-corrected chi connectivity index (χ2v) is 9.54. The van der Waals surface area contributed by atoms with Gasteiger partial charge in [0.25, 0.3) is 11.8 Å². The summed E-state index contributed by atoms with van der Waals surface area (Å²) < 4.78 is 1.74. The molecule has 0 saturated heterocycles. The van der Waals surface area contributed by atoms with Crippen LogP contribution in [0, 0.1) is 6.92 Å². The van der Waals surface area contributed by atoms with Gasteiger partial charge in [-0.25, -0.2) is 0 Å². The minimum absolute atomic E-state index is 0.168. The smallest absolute Gasteiger partial charge is 0.252 e. The van der Waals surface area contributed by atoms with Crippen molar-refractivity contribution in [2.75, 3.05) is 7.05 Å². The van der Waals surface area contributed by atoms with Crippen LogP contribution < -0.4 is 16.4 Å². The van der Waals surface area contributed by atoms with Crippen molar-refractivity contribution in [3.63, 3.8) is 0 Å². The molecule has 1 aromatic heterocycles. The van der Waals surface area contributed by atoms with Crippen LogP contribution in [0.4, 0.5) is 0 Å². The number of carbonyl (C=O) groups is 2. The Bertz CT molecular complexity index is 1480. The number of hydrogen-bond acceptors (Lipinski definition) is 4. The molecular formula is C29H30ClN5O2. The Kier molecular flexibility index (Phi) is 7.76. The van der Waals surface area contributed by atoms with Crippen molar-refractivity contribution in [1.82, 2.24) is 20.4 Å². The lowest BCUT2D eigenvalue weighted by atomic mass is 9.94. The Morgan fingerprint density at radius 1 is 1.00 bits per heavy atom. The average molecular weight is 516 g/mol. The van der Waals surface area contributed by atoms with Crippen LogP contribution in [0.2, 0.25) is 5.02 Å². The molecule has 37 heavy (non-hydrogen) atoms. The molecule has 1 unspecified atom stereocenters. The Morgan fingerprint density at radius 2 is 1.70 bits per heavy atom. The molecule has 1 atom stereocenters. The van der Waals surface area contributed by atoms with E-state index in [1.54, 1.807) is 24.0 Å². The van der Waals surface area contributed by atoms with Gasteiger partial charge in [0, 0.05) is 48.5 Å². The lowest BCUT2D eigenvalue weighted by molar-refractivity contribution is 0.0936. The topological polar surface area (TPSA) is 102 Å². The first-order valence-corrected chi connectivity index (χ1v) is 12.3. The van der Waals surface area contributed by atoms with Crippen LogP contribution in [0.3, 0.4) is 0 Å². The fourth-order valence-electron chi connectivity index (χ4n) is 4.24. The van der Waals surface area contributed by atoms with Crippen molar-refractivity contribution < 1.29 is 9.59 Å². The van der Waals surface area contributed by atoms with Crippen molar-refractivity contribution >= 4 is 23.4 Å². The maximum Gasteiger partial charge on any atom is 0.252 e. The summed E-state index contributed by atoms with van der Waals surface area (Å²) in [6, 6.07) is 16.7. The third kappa shape index (κ3) is 5.90. The summed E-state index contributed by atoms with van der Waals surface area (Å²) in [6.07, 6.45) is 3.73. The fraction of sp³-hybridized carbons (Fsp3) is 0.207. The largest absolute Gasteiger partial charge is 0.355 e. The van der Waals surface area contributed by atoms with Gasteiger partial charge in [0.15, 0.2) is 0 Å². The lowest BCUT2D eigenvalue weighted by Gasteiger charge is -2.18. The third-order valence-electron chi connectivity index (χ3n) is 6.34. The van der Waals surface area contributed by atoms with Gasteiger partial charge in [-0.3, -0.25) is 14.3 Å². The highest BCUT2D eigenvalue weighted by molar-refractivity contribution is 6.31. The van der Waals surface area contributed by atoms with Crippen LogP contribution in [0.25, 0.3) is 22.3 Å². The van der Waals surface area contributed by atoms with E-state index in [2.05, 4.69) is 15.7 Å². The van der Waals surface area contributed by atoms with E-state index >= 15 is 0 Å². The molecule has 4 aromatic rings. The third-order valence-corrected chi connectivity index (χ3v) is 6.56. The summed E-state index contributed by atoms with van der Waals surface area (Å²) in [4.78, 5) is 25.5. The van der Waals surface area contributed by atoms with Gasteiger partial charge in [-0.2, -0.15) is 5.10 Å². The summed E-state index contributed by atoms with van der Waals surface area (Å²) >= 11 is 6.38. The van der Waals surface area contributed by atoms with Crippen LogP contribution in [-0.4, -0.2) is 28.6 Å². The van der Waals surface area contributed by atoms with Gasteiger partial charge in [-0.05, 0) is 89.7 Å². The van der Waals surface area contributed by atoms with Crippen molar-refractivity contribution in [3.05, 3.63) is 99.8 Å². The predicted molar refractivity (Wildman–Crippen MR) is 147 cm³/mol. The number of halogens is 1. The zero-order chi connectivity index (χ0) is 26.7. The first-order valence-electron chi connectivity index (χ1n) is 12.0. The van der Waals surface area contributed by atoms with E-state index < -0.39 is 0 Å². The number of hydrogen-bond donors (Lipinski definition) is 3. The molecule has 0 spiro atoms. The van der Waals surface area contributed by atoms with Gasteiger partial charge in [0.2, 0.25) is 0 Å². The molecule has 2 amide bonds. The second-order valence-electron chi connectivity index (χ2n) is 9.10. The number of rotatable bonds is 7. The average Bonchev–Trinajstić information content (AvgIpc) is 3.34. The zero-order valence-electron chi connectivity index (χ0n) is 21.3. The van der Waals surface area contributed by atoms with Gasteiger partial charge in [-0.15, -0.1) is 0 Å². The van der Waals surface area contributed by atoms with E-state index in [0.717, 1.165) is 38.9 Å². The first-order chi connectivity index (χ1) is 17.7. The highest BCUT2D eigenvalue weighted by Gasteiger charge is 2.17. The molecule has 7 nitrogen and oxygen atoms in total. The van der Waals surface area contributed by atoms with Gasteiger partial charge >= 0.3 is 0 Å². The number of carbonyl (C=O) groups excluding carboxylic acids is 2. The molecule has 8 heteroatoms. The van der Waals surface area contributed by atoms with Crippen LogP contribution in [0.15, 0.2) is 67.0 Å². The standard InChI is InChI=1S/C29H30ClN5O2/c1-17-5-6-19(14-31)7-27(17)29(37)34-18(2)20-8-21(10-22(9-20)25-15-33-35(4)16-25)23-11-24(28(36)32-3)13-26(30)12-23/h5-13,15-16,18H,14,31H2,1-4H3,(H,32,36)(H,34,37). The molecule has 190 valence electrons. The molecule has 0 aliphatic rings. The molecule has 0 aliphatic heterocycles. The molecule has 0 radical (unpaired) electrons. The highest BCUT2D eigenvalue weighted by atomic mass is 35.5. The Balaban J connectivity index is 1.76. The van der Waals surface area contributed by atoms with Crippen LogP contribution >= 0.6 is 11.6 Å². The minimum Gasteiger partial charge on any atom is -0.355 e. The molecule has 3 aromatic carbocycles. The summed E-state index contributed by atoms with van der Waals surface area (Å²) in [5.74, 6) is -0.388. The predicted octanol–water partition coefficient (Wildman–Crippen LogP) is 5.03. The number of nitrogens with two attached hydrogens (primary N) is 1. The van der Waals surface area contributed by atoms with Crippen molar-refractivity contribution in [3.8, 4) is 22.3 Å². The van der Waals surface area contributed by atoms with E-state index in [9.17, 15) is 9.59 Å². The van der Waals surface area contributed by atoms with E-state index in [1.165, 1.54) is 0 Å². The first kappa shape index (κ1) is 26.1. The quantitative estimate of drug-likeness (QED) is 0.321. The van der Waals surface area contributed by atoms with Gasteiger partial charge in [0.05, 0.1) is 12.2 Å². The minimum atomic E-state index is -0.304. The summed E-state index contributed by atoms with van der Waals surface area (Å²) in [7, 11) is 3.45. The summed E-state index contributed by atoms with van der Waals surface area (Å²) in [5.41, 5.74) is 13.1. The maximum atomic E-state index is 13.2. The van der Waals surface area contributed by atoms with Crippen molar-refractivity contribution in [2.45, 2.75) is 26.4 Å². The molecule has 1 heterocycles. The van der Waals surface area contributed by atoms with E-state index in [4.69, 9.17) is 17.3 Å². The SMILES string of the molecule is CNC(=O)c1cc(Cl)cc(-c2cc(-c3cnn(C)c3)cc(C(C)NC(=O)c3cc(CN)ccc3C)c2)c1. The lowest BCUT2D eigenvalue weighted by Crippen LogP contribution is -2.27. The zero-order valence-corrected chi connectivity index (χ0v) is 22.1. The monoisotopic (exact) mass is 515 g/mol. The molecule has 4 N–H and O–H groups in total. The number of nitrogens with one attached hydrogen (secondary N) is 2. The number of amides is 2. The summed E-state index contributed by atoms with van der Waals surface area (Å²) in [6.45, 7) is 4.22. The van der Waals surface area contributed by atoms with E-state index in [0.29, 0.717) is 22.7 Å². The van der Waals surface area contributed by atoms with Gasteiger partial charge in [0.1, 0.15) is 0 Å². The summed E-state index contributed by atoms with van der Waals surface area (Å²) in [5, 5.41) is 10.5. The van der Waals surface area contributed by atoms with Crippen molar-refractivity contribution in [1.29, 1.82) is 0 Å². The Labute approximate surface area is 221 Å². The number of aryl methyl sites for hydroxylation is 2. The molecule has 0 fully saturated rings. The fourth-order valence-corrected chi connectivity index (χ4v) is 4.47. The van der Waals surface area contributed by atoms with Crippen LogP contribution in [0.1, 0.15) is 50.4 Å². The van der Waals surface area contributed by atoms with Gasteiger partial charge < -0.3 is 16.4 Å².